The molecule has 0 spiro atoms. The SMILES string of the molecule is COc1c(F)c[c]cc1Br. The zero-order valence-electron chi connectivity index (χ0n) is 5.32. The number of hydrogen-bond donors (Lipinski definition) is 0. The second-order valence-corrected chi connectivity index (χ2v) is 2.54. The molecule has 0 N–H and O–H groups in total. The third kappa shape index (κ3) is 1.29. The fourth-order valence-electron chi connectivity index (χ4n) is 0.628. The molecule has 0 amide bonds. The summed E-state index contributed by atoms with van der Waals surface area (Å²) in [6.07, 6.45) is 0. The molecule has 3 heteroatoms. The Hall–Kier alpha value is -0.570. The van der Waals surface area contributed by atoms with Crippen LogP contribution in [0.2, 0.25) is 0 Å². The van der Waals surface area contributed by atoms with Gasteiger partial charge in [-0.1, -0.05) is 0 Å². The fraction of sp³-hybridized carbons (Fsp3) is 0.143. The molecule has 0 aliphatic carbocycles. The van der Waals surface area contributed by atoms with Gasteiger partial charge in [0.05, 0.1) is 11.6 Å². The van der Waals surface area contributed by atoms with Gasteiger partial charge in [0.2, 0.25) is 0 Å². The van der Waals surface area contributed by atoms with E-state index in [0.717, 1.165) is 0 Å². The standard InChI is InChI=1S/C7H5BrFO/c1-10-7-5(8)3-2-4-6(7)9/h3-4H,1H3. The number of benzene rings is 1. The van der Waals surface area contributed by atoms with Crippen LogP contribution in [0.3, 0.4) is 0 Å². The van der Waals surface area contributed by atoms with Gasteiger partial charge < -0.3 is 4.74 Å². The smallest absolute Gasteiger partial charge is 0.168 e. The third-order valence-corrected chi connectivity index (χ3v) is 1.65. The van der Waals surface area contributed by atoms with E-state index in [9.17, 15) is 4.39 Å². The monoisotopic (exact) mass is 203 g/mol. The maximum Gasteiger partial charge on any atom is 0.168 e. The molecule has 1 rings (SSSR count). The molecule has 0 saturated heterocycles. The molecule has 53 valence electrons. The van der Waals surface area contributed by atoms with Crippen LogP contribution < -0.4 is 4.74 Å². The van der Waals surface area contributed by atoms with E-state index >= 15 is 0 Å². The lowest BCUT2D eigenvalue weighted by Gasteiger charge is -2.01. The Morgan fingerprint density at radius 1 is 1.60 bits per heavy atom. The van der Waals surface area contributed by atoms with Crippen LogP contribution in [0.15, 0.2) is 16.6 Å². The van der Waals surface area contributed by atoms with Crippen LogP contribution in [-0.2, 0) is 0 Å². The minimum atomic E-state index is -0.406. The molecular formula is C7H5BrFO. The van der Waals surface area contributed by atoms with Crippen LogP contribution in [0.25, 0.3) is 0 Å². The summed E-state index contributed by atoms with van der Waals surface area (Å²) in [4.78, 5) is 0. The molecular weight excluding hydrogens is 199 g/mol. The summed E-state index contributed by atoms with van der Waals surface area (Å²) in [6, 6.07) is 5.43. The van der Waals surface area contributed by atoms with Gasteiger partial charge in [-0.05, 0) is 34.1 Å². The molecule has 0 fully saturated rings. The molecule has 0 heterocycles. The molecule has 0 aromatic heterocycles. The largest absolute Gasteiger partial charge is 0.492 e. The van der Waals surface area contributed by atoms with E-state index in [1.165, 1.54) is 13.2 Å². The molecule has 0 bridgehead atoms. The summed E-state index contributed by atoms with van der Waals surface area (Å²) >= 11 is 3.11. The van der Waals surface area contributed by atoms with Crippen molar-refractivity contribution >= 4 is 15.9 Å². The van der Waals surface area contributed by atoms with Crippen molar-refractivity contribution in [3.63, 3.8) is 0 Å². The first-order valence-electron chi connectivity index (χ1n) is 2.65. The highest BCUT2D eigenvalue weighted by Gasteiger charge is 2.04. The molecule has 1 nitrogen and oxygen atoms in total. The highest BCUT2D eigenvalue weighted by molar-refractivity contribution is 9.10. The van der Waals surface area contributed by atoms with Crippen LogP contribution in [0.4, 0.5) is 4.39 Å². The van der Waals surface area contributed by atoms with E-state index in [0.29, 0.717) is 4.47 Å². The van der Waals surface area contributed by atoms with E-state index in [4.69, 9.17) is 4.74 Å². The van der Waals surface area contributed by atoms with E-state index in [2.05, 4.69) is 22.0 Å². The van der Waals surface area contributed by atoms with Crippen molar-refractivity contribution in [1.29, 1.82) is 0 Å². The second-order valence-electron chi connectivity index (χ2n) is 1.68. The normalized spacial score (nSPS) is 9.50. The zero-order valence-corrected chi connectivity index (χ0v) is 6.90. The predicted molar refractivity (Wildman–Crippen MR) is 39.5 cm³/mol. The molecule has 10 heavy (non-hydrogen) atoms. The average Bonchev–Trinajstić information content (AvgIpc) is 1.88. The number of rotatable bonds is 1. The van der Waals surface area contributed by atoms with Crippen molar-refractivity contribution in [3.8, 4) is 5.75 Å². The third-order valence-electron chi connectivity index (χ3n) is 1.06. The zero-order chi connectivity index (χ0) is 7.56. The minimum Gasteiger partial charge on any atom is -0.492 e. The molecule has 0 unspecified atom stereocenters. The Balaban J connectivity index is 3.17. The summed E-state index contributed by atoms with van der Waals surface area (Å²) in [5.41, 5.74) is 0. The molecule has 0 aliphatic rings. The number of halogens is 2. The Morgan fingerprint density at radius 2 is 2.30 bits per heavy atom. The summed E-state index contributed by atoms with van der Waals surface area (Å²) in [7, 11) is 1.42. The Labute approximate surface area is 66.9 Å². The van der Waals surface area contributed by atoms with E-state index < -0.39 is 5.82 Å². The first-order chi connectivity index (χ1) is 4.75. The number of hydrogen-bond acceptors (Lipinski definition) is 1. The number of ether oxygens (including phenoxy) is 1. The van der Waals surface area contributed by atoms with Crippen LogP contribution in [-0.4, -0.2) is 7.11 Å². The van der Waals surface area contributed by atoms with Gasteiger partial charge in [-0.2, -0.15) is 0 Å². The van der Waals surface area contributed by atoms with Crippen molar-refractivity contribution in [2.24, 2.45) is 0 Å². The summed E-state index contributed by atoms with van der Waals surface area (Å²) in [5.74, 6) is -0.185. The van der Waals surface area contributed by atoms with Crippen molar-refractivity contribution in [1.82, 2.24) is 0 Å². The highest BCUT2D eigenvalue weighted by Crippen LogP contribution is 2.26. The van der Waals surface area contributed by atoms with Gasteiger partial charge in [0.1, 0.15) is 0 Å². The first-order valence-corrected chi connectivity index (χ1v) is 3.44. The molecule has 1 aromatic rings. The molecule has 0 saturated carbocycles. The van der Waals surface area contributed by atoms with Crippen molar-refractivity contribution in [2.45, 2.75) is 0 Å². The van der Waals surface area contributed by atoms with E-state index in [-0.39, 0.29) is 5.75 Å². The first kappa shape index (κ1) is 7.54. The Bertz CT molecular complexity index is 217. The lowest BCUT2D eigenvalue weighted by Crippen LogP contribution is -1.87. The Morgan fingerprint density at radius 3 is 2.70 bits per heavy atom. The van der Waals surface area contributed by atoms with E-state index in [1.807, 2.05) is 0 Å². The lowest BCUT2D eigenvalue weighted by molar-refractivity contribution is 0.383. The van der Waals surface area contributed by atoms with Crippen LogP contribution in [0, 0.1) is 11.9 Å². The predicted octanol–water partition coefficient (Wildman–Crippen LogP) is 2.40. The average molecular weight is 204 g/mol. The van der Waals surface area contributed by atoms with Gasteiger partial charge in [0.25, 0.3) is 0 Å². The van der Waals surface area contributed by atoms with Crippen molar-refractivity contribution in [2.75, 3.05) is 7.11 Å². The lowest BCUT2D eigenvalue weighted by atomic mass is 10.3. The quantitative estimate of drug-likeness (QED) is 0.682. The van der Waals surface area contributed by atoms with Gasteiger partial charge in [-0.25, -0.2) is 4.39 Å². The molecule has 1 aromatic carbocycles. The van der Waals surface area contributed by atoms with Gasteiger partial charge in [-0.3, -0.25) is 0 Å². The van der Waals surface area contributed by atoms with Crippen LogP contribution in [0.1, 0.15) is 0 Å². The number of methoxy groups -OCH3 is 1. The maximum absolute atomic E-state index is 12.7. The highest BCUT2D eigenvalue weighted by atomic mass is 79.9. The topological polar surface area (TPSA) is 9.23 Å². The van der Waals surface area contributed by atoms with Gasteiger partial charge >= 0.3 is 0 Å². The second kappa shape index (κ2) is 3.01. The van der Waals surface area contributed by atoms with Gasteiger partial charge in [0, 0.05) is 0 Å². The summed E-state index contributed by atoms with van der Waals surface area (Å²) < 4.78 is 18.0. The Kier molecular flexibility index (Phi) is 2.27. The molecule has 0 aliphatic heterocycles. The van der Waals surface area contributed by atoms with E-state index in [1.54, 1.807) is 6.07 Å². The summed E-state index contributed by atoms with van der Waals surface area (Å²) in [6.45, 7) is 0. The maximum atomic E-state index is 12.7. The van der Waals surface area contributed by atoms with Gasteiger partial charge in [0.15, 0.2) is 11.6 Å². The molecule has 0 atom stereocenters. The molecule has 1 radical (unpaired) electrons. The minimum absolute atomic E-state index is 0.221. The fourth-order valence-corrected chi connectivity index (χ4v) is 1.11. The van der Waals surface area contributed by atoms with Crippen molar-refractivity contribution in [3.05, 3.63) is 28.5 Å². The van der Waals surface area contributed by atoms with Crippen molar-refractivity contribution < 1.29 is 9.13 Å². The van der Waals surface area contributed by atoms with Crippen LogP contribution in [0.5, 0.6) is 5.75 Å². The van der Waals surface area contributed by atoms with Gasteiger partial charge in [-0.15, -0.1) is 0 Å². The van der Waals surface area contributed by atoms with Crippen LogP contribution >= 0.6 is 15.9 Å². The summed E-state index contributed by atoms with van der Waals surface area (Å²) in [5, 5.41) is 0.